The molecule has 1 aliphatic carbocycles. The molecule has 1 aliphatic heterocycles. The minimum atomic E-state index is -0.266. The Bertz CT molecular complexity index is 1080. The summed E-state index contributed by atoms with van der Waals surface area (Å²) >= 11 is 0. The maximum atomic E-state index is 13.6. The predicted octanol–water partition coefficient (Wildman–Crippen LogP) is 7.21. The molecule has 1 heterocycles. The summed E-state index contributed by atoms with van der Waals surface area (Å²) < 4.78 is 13.6. The molecule has 0 radical (unpaired) electrons. The Hall–Kier alpha value is -2.98. The fourth-order valence-electron chi connectivity index (χ4n) is 6.43. The third-order valence-corrected chi connectivity index (χ3v) is 8.63. The van der Waals surface area contributed by atoms with E-state index in [-0.39, 0.29) is 17.1 Å². The lowest BCUT2D eigenvalue weighted by atomic mass is 9.68. The van der Waals surface area contributed by atoms with Crippen molar-refractivity contribution in [2.24, 2.45) is 5.92 Å². The molecule has 3 aromatic carbocycles. The first-order chi connectivity index (χ1) is 18.1. The molecule has 0 bridgehead atoms. The molecule has 0 aromatic heterocycles. The van der Waals surface area contributed by atoms with Crippen LogP contribution in [0.1, 0.15) is 62.5 Å². The van der Waals surface area contributed by atoms with Crippen molar-refractivity contribution in [3.63, 3.8) is 0 Å². The number of carbonyl (C=O) groups excluding carboxylic acids is 1. The minimum absolute atomic E-state index is 0.0203. The van der Waals surface area contributed by atoms with E-state index in [1.165, 1.54) is 42.5 Å². The van der Waals surface area contributed by atoms with Gasteiger partial charge in [0.1, 0.15) is 5.82 Å². The van der Waals surface area contributed by atoms with E-state index < -0.39 is 0 Å². The van der Waals surface area contributed by atoms with Gasteiger partial charge in [-0.25, -0.2) is 4.39 Å². The first-order valence-electron chi connectivity index (χ1n) is 14.0. The van der Waals surface area contributed by atoms with E-state index in [0.717, 1.165) is 51.0 Å². The van der Waals surface area contributed by atoms with E-state index in [1.807, 2.05) is 4.90 Å². The number of amides is 1. The number of anilines is 1. The van der Waals surface area contributed by atoms with Crippen LogP contribution in [-0.4, -0.2) is 37.0 Å². The van der Waals surface area contributed by atoms with Crippen LogP contribution < -0.4 is 4.90 Å². The predicted molar refractivity (Wildman–Crippen MR) is 149 cm³/mol. The first kappa shape index (κ1) is 25.7. The number of halogens is 1. The highest BCUT2D eigenvalue weighted by Crippen LogP contribution is 2.41. The summed E-state index contributed by atoms with van der Waals surface area (Å²) in [6, 6.07) is 28.2. The number of benzene rings is 3. The topological polar surface area (TPSA) is 23.6 Å². The molecule has 0 N–H and O–H groups in total. The van der Waals surface area contributed by atoms with Crippen molar-refractivity contribution in [3.8, 4) is 0 Å². The maximum absolute atomic E-state index is 13.6. The van der Waals surface area contributed by atoms with Crippen molar-refractivity contribution in [2.75, 3.05) is 31.1 Å². The van der Waals surface area contributed by atoms with Crippen LogP contribution in [0.25, 0.3) is 0 Å². The molecule has 3 nitrogen and oxygen atoms in total. The van der Waals surface area contributed by atoms with Crippen LogP contribution in [0, 0.1) is 11.7 Å². The number of likely N-dealkylation sites (tertiary alicyclic amines) is 1. The van der Waals surface area contributed by atoms with Gasteiger partial charge in [-0.2, -0.15) is 0 Å². The molecular weight excluding hydrogens is 459 g/mol. The van der Waals surface area contributed by atoms with Crippen LogP contribution in [0.3, 0.4) is 0 Å². The highest BCUT2D eigenvalue weighted by Gasteiger charge is 2.37. The van der Waals surface area contributed by atoms with Gasteiger partial charge in [0.25, 0.3) is 0 Å². The average molecular weight is 499 g/mol. The number of hydrogen-bond acceptors (Lipinski definition) is 2. The quantitative estimate of drug-likeness (QED) is 0.328. The second-order valence-electron chi connectivity index (χ2n) is 10.9. The van der Waals surface area contributed by atoms with Gasteiger partial charge in [0, 0.05) is 30.6 Å². The second kappa shape index (κ2) is 12.0. The van der Waals surface area contributed by atoms with E-state index in [0.29, 0.717) is 18.9 Å². The zero-order valence-corrected chi connectivity index (χ0v) is 21.8. The SMILES string of the molecule is O=C(CC1CCCCC1)N(CCN1CCC(c2ccccc2)(c2ccccc2)CC1)c1ccc(F)cc1. The number of nitrogens with zero attached hydrogens (tertiary/aromatic N) is 2. The first-order valence-corrected chi connectivity index (χ1v) is 14.0. The third-order valence-electron chi connectivity index (χ3n) is 8.63. The summed E-state index contributed by atoms with van der Waals surface area (Å²) in [5.41, 5.74) is 3.60. The molecule has 4 heteroatoms. The van der Waals surface area contributed by atoms with E-state index in [9.17, 15) is 9.18 Å². The molecule has 2 fully saturated rings. The Kier molecular flexibility index (Phi) is 8.35. The van der Waals surface area contributed by atoms with Crippen molar-refractivity contribution >= 4 is 11.6 Å². The lowest BCUT2D eigenvalue weighted by Crippen LogP contribution is -2.46. The Morgan fingerprint density at radius 3 is 1.95 bits per heavy atom. The van der Waals surface area contributed by atoms with Gasteiger partial charge in [-0.3, -0.25) is 4.79 Å². The van der Waals surface area contributed by atoms with Crippen LogP contribution in [0.5, 0.6) is 0 Å². The van der Waals surface area contributed by atoms with Crippen LogP contribution in [0.4, 0.5) is 10.1 Å². The van der Waals surface area contributed by atoms with E-state index in [4.69, 9.17) is 0 Å². The smallest absolute Gasteiger partial charge is 0.227 e. The standard InChI is InChI=1S/C33H39FN2O/c34-30-16-18-31(19-17-30)36(32(37)26-27-10-4-1-5-11-27)25-24-35-22-20-33(21-23-35,28-12-6-2-7-13-28)29-14-8-3-9-15-29/h2-3,6-9,12-19,27H,1,4-5,10-11,20-26H2. The fraction of sp³-hybridized carbons (Fsp3) is 0.424. The Morgan fingerprint density at radius 1 is 0.811 bits per heavy atom. The van der Waals surface area contributed by atoms with Gasteiger partial charge in [0.15, 0.2) is 0 Å². The molecule has 194 valence electrons. The van der Waals surface area contributed by atoms with Crippen molar-refractivity contribution in [2.45, 2.75) is 56.8 Å². The molecule has 37 heavy (non-hydrogen) atoms. The number of carbonyl (C=O) groups is 1. The Labute approximate surface area is 221 Å². The highest BCUT2D eigenvalue weighted by molar-refractivity contribution is 5.93. The summed E-state index contributed by atoms with van der Waals surface area (Å²) in [5, 5.41) is 0. The zero-order valence-electron chi connectivity index (χ0n) is 21.8. The third kappa shape index (κ3) is 6.13. The molecule has 1 saturated heterocycles. The molecule has 0 spiro atoms. The van der Waals surface area contributed by atoms with Crippen LogP contribution in [0.2, 0.25) is 0 Å². The minimum Gasteiger partial charge on any atom is -0.311 e. The number of hydrogen-bond donors (Lipinski definition) is 0. The lowest BCUT2D eigenvalue weighted by Gasteiger charge is -2.43. The summed E-state index contributed by atoms with van der Waals surface area (Å²) in [7, 11) is 0. The maximum Gasteiger partial charge on any atom is 0.227 e. The summed E-state index contributed by atoms with van der Waals surface area (Å²) in [6.45, 7) is 3.43. The number of rotatable bonds is 8. The van der Waals surface area contributed by atoms with Gasteiger partial charge in [-0.15, -0.1) is 0 Å². The van der Waals surface area contributed by atoms with E-state index in [2.05, 4.69) is 65.6 Å². The van der Waals surface area contributed by atoms with Gasteiger partial charge in [-0.05, 0) is 80.1 Å². The van der Waals surface area contributed by atoms with Crippen LogP contribution in [0.15, 0.2) is 84.9 Å². The van der Waals surface area contributed by atoms with Gasteiger partial charge < -0.3 is 9.80 Å². The van der Waals surface area contributed by atoms with Crippen molar-refractivity contribution in [1.82, 2.24) is 4.90 Å². The molecule has 2 aliphatic rings. The molecule has 1 saturated carbocycles. The largest absolute Gasteiger partial charge is 0.311 e. The Morgan fingerprint density at radius 2 is 1.38 bits per heavy atom. The highest BCUT2D eigenvalue weighted by atomic mass is 19.1. The second-order valence-corrected chi connectivity index (χ2v) is 10.9. The van der Waals surface area contributed by atoms with Gasteiger partial charge in [0.05, 0.1) is 0 Å². The molecule has 0 atom stereocenters. The van der Waals surface area contributed by atoms with Gasteiger partial charge in [-0.1, -0.05) is 79.9 Å². The van der Waals surface area contributed by atoms with Crippen molar-refractivity contribution in [3.05, 3.63) is 102 Å². The summed E-state index contributed by atoms with van der Waals surface area (Å²) in [5.74, 6) is 0.396. The zero-order chi connectivity index (χ0) is 25.5. The Balaban J connectivity index is 1.27. The molecule has 3 aromatic rings. The fourth-order valence-corrected chi connectivity index (χ4v) is 6.43. The van der Waals surface area contributed by atoms with E-state index >= 15 is 0 Å². The lowest BCUT2D eigenvalue weighted by molar-refractivity contribution is -0.119. The van der Waals surface area contributed by atoms with Crippen LogP contribution >= 0.6 is 0 Å². The molecule has 5 rings (SSSR count). The van der Waals surface area contributed by atoms with Gasteiger partial charge >= 0.3 is 0 Å². The van der Waals surface area contributed by atoms with Gasteiger partial charge in [0.2, 0.25) is 5.91 Å². The number of piperidine rings is 1. The van der Waals surface area contributed by atoms with Crippen molar-refractivity contribution in [1.29, 1.82) is 0 Å². The average Bonchev–Trinajstić information content (AvgIpc) is 2.96. The molecule has 0 unspecified atom stereocenters. The van der Waals surface area contributed by atoms with Crippen LogP contribution in [-0.2, 0) is 10.2 Å². The van der Waals surface area contributed by atoms with Crippen molar-refractivity contribution < 1.29 is 9.18 Å². The molecular formula is C33H39FN2O. The van der Waals surface area contributed by atoms with E-state index in [1.54, 1.807) is 12.1 Å². The normalized spacial score (nSPS) is 18.4. The summed E-state index contributed by atoms with van der Waals surface area (Å²) in [6.07, 6.45) is 8.74. The molecule has 1 amide bonds. The monoisotopic (exact) mass is 498 g/mol. The summed E-state index contributed by atoms with van der Waals surface area (Å²) in [4.78, 5) is 17.9.